The summed E-state index contributed by atoms with van der Waals surface area (Å²) in [5.41, 5.74) is 0. The molecule has 0 radical (unpaired) electrons. The first-order valence-electron chi connectivity index (χ1n) is 5.57. The van der Waals surface area contributed by atoms with E-state index in [0.717, 1.165) is 6.42 Å². The lowest BCUT2D eigenvalue weighted by molar-refractivity contribution is -0.148. The molecule has 0 saturated carbocycles. The molecule has 0 bridgehead atoms. The first-order valence-corrected chi connectivity index (χ1v) is 5.57. The molecule has 1 unspecified atom stereocenters. The third-order valence-electron chi connectivity index (χ3n) is 2.14. The van der Waals surface area contributed by atoms with E-state index in [1.807, 2.05) is 13.8 Å². The van der Waals surface area contributed by atoms with Gasteiger partial charge in [0.05, 0.1) is 12.5 Å². The van der Waals surface area contributed by atoms with Gasteiger partial charge in [0.1, 0.15) is 0 Å². The predicted molar refractivity (Wildman–Crippen MR) is 57.6 cm³/mol. The number of aliphatic hydroxyl groups excluding tert-OH is 1. The summed E-state index contributed by atoms with van der Waals surface area (Å²) in [5, 5.41) is 8.48. The number of ether oxygens (including phenoxy) is 2. The molecule has 15 heavy (non-hydrogen) atoms. The summed E-state index contributed by atoms with van der Waals surface area (Å²) in [6, 6.07) is 0. The summed E-state index contributed by atoms with van der Waals surface area (Å²) < 4.78 is 10.2. The highest BCUT2D eigenvalue weighted by Crippen LogP contribution is 2.03. The van der Waals surface area contributed by atoms with E-state index < -0.39 is 0 Å². The molecule has 0 aromatic carbocycles. The van der Waals surface area contributed by atoms with Gasteiger partial charge in [-0.3, -0.25) is 4.79 Å². The fraction of sp³-hybridized carbons (Fsp3) is 0.909. The Balaban J connectivity index is 3.20. The number of carbonyl (C=O) groups is 1. The van der Waals surface area contributed by atoms with E-state index in [2.05, 4.69) is 0 Å². The SMILES string of the molecule is CCC(C)C(=O)OCCCOCCCO. The summed E-state index contributed by atoms with van der Waals surface area (Å²) in [5.74, 6) is -0.145. The minimum atomic E-state index is -0.132. The highest BCUT2D eigenvalue weighted by Gasteiger charge is 2.10. The zero-order chi connectivity index (χ0) is 11.5. The number of aliphatic hydroxyl groups is 1. The van der Waals surface area contributed by atoms with Gasteiger partial charge >= 0.3 is 5.97 Å². The van der Waals surface area contributed by atoms with E-state index in [1.165, 1.54) is 0 Å². The van der Waals surface area contributed by atoms with Gasteiger partial charge in [-0.25, -0.2) is 0 Å². The summed E-state index contributed by atoms with van der Waals surface area (Å²) in [6.07, 6.45) is 2.19. The number of rotatable bonds is 9. The molecule has 0 fully saturated rings. The molecule has 1 N–H and O–H groups in total. The van der Waals surface area contributed by atoms with Crippen molar-refractivity contribution >= 4 is 5.97 Å². The zero-order valence-corrected chi connectivity index (χ0v) is 9.70. The fourth-order valence-electron chi connectivity index (χ4n) is 0.911. The highest BCUT2D eigenvalue weighted by atomic mass is 16.5. The molecule has 0 aromatic heterocycles. The molecule has 1 atom stereocenters. The molecule has 4 nitrogen and oxygen atoms in total. The van der Waals surface area contributed by atoms with Crippen molar-refractivity contribution in [2.24, 2.45) is 5.92 Å². The Kier molecular flexibility index (Phi) is 9.52. The Labute approximate surface area is 91.6 Å². The Bertz CT molecular complexity index is 159. The van der Waals surface area contributed by atoms with Crippen LogP contribution < -0.4 is 0 Å². The molecule has 0 aliphatic rings. The Morgan fingerprint density at radius 2 is 1.93 bits per heavy atom. The van der Waals surface area contributed by atoms with Gasteiger partial charge in [0.15, 0.2) is 0 Å². The van der Waals surface area contributed by atoms with Crippen molar-refractivity contribution in [3.8, 4) is 0 Å². The lowest BCUT2D eigenvalue weighted by atomic mass is 10.1. The van der Waals surface area contributed by atoms with Crippen LogP contribution in [-0.4, -0.2) is 37.5 Å². The van der Waals surface area contributed by atoms with Gasteiger partial charge in [-0.15, -0.1) is 0 Å². The second-order valence-electron chi connectivity index (χ2n) is 3.52. The van der Waals surface area contributed by atoms with E-state index >= 15 is 0 Å². The van der Waals surface area contributed by atoms with E-state index in [9.17, 15) is 4.79 Å². The van der Waals surface area contributed by atoms with Gasteiger partial charge in [0.25, 0.3) is 0 Å². The topological polar surface area (TPSA) is 55.8 Å². The van der Waals surface area contributed by atoms with Gasteiger partial charge in [-0.1, -0.05) is 13.8 Å². The molecule has 0 spiro atoms. The fourth-order valence-corrected chi connectivity index (χ4v) is 0.911. The van der Waals surface area contributed by atoms with Crippen LogP contribution in [-0.2, 0) is 14.3 Å². The summed E-state index contributed by atoms with van der Waals surface area (Å²) >= 11 is 0. The lowest BCUT2D eigenvalue weighted by Gasteiger charge is -2.09. The van der Waals surface area contributed by atoms with E-state index in [1.54, 1.807) is 0 Å². The molecule has 0 aliphatic carbocycles. The van der Waals surface area contributed by atoms with Crippen molar-refractivity contribution in [2.75, 3.05) is 26.4 Å². The lowest BCUT2D eigenvalue weighted by Crippen LogP contribution is -2.15. The van der Waals surface area contributed by atoms with Crippen LogP contribution in [0.25, 0.3) is 0 Å². The minimum absolute atomic E-state index is 0.0136. The van der Waals surface area contributed by atoms with E-state index in [0.29, 0.717) is 32.7 Å². The average Bonchev–Trinajstić information content (AvgIpc) is 2.26. The minimum Gasteiger partial charge on any atom is -0.465 e. The van der Waals surface area contributed by atoms with Gasteiger partial charge in [-0.2, -0.15) is 0 Å². The Hall–Kier alpha value is -0.610. The molecule has 0 saturated heterocycles. The standard InChI is InChI=1S/C11H22O4/c1-3-10(2)11(13)15-9-5-8-14-7-4-6-12/h10,12H,3-9H2,1-2H3. The van der Waals surface area contributed by atoms with Crippen LogP contribution in [0.15, 0.2) is 0 Å². The number of esters is 1. The maximum absolute atomic E-state index is 11.2. The molecule has 4 heteroatoms. The van der Waals surface area contributed by atoms with Gasteiger partial charge in [0.2, 0.25) is 0 Å². The molecule has 0 rings (SSSR count). The maximum Gasteiger partial charge on any atom is 0.308 e. The summed E-state index contributed by atoms with van der Waals surface area (Å²) in [6.45, 7) is 5.54. The van der Waals surface area contributed by atoms with Crippen molar-refractivity contribution in [1.29, 1.82) is 0 Å². The largest absolute Gasteiger partial charge is 0.465 e. The van der Waals surface area contributed by atoms with Crippen LogP contribution in [0.2, 0.25) is 0 Å². The van der Waals surface area contributed by atoms with Crippen LogP contribution in [0.1, 0.15) is 33.1 Å². The number of hydrogen-bond donors (Lipinski definition) is 1. The van der Waals surface area contributed by atoms with Gasteiger partial charge < -0.3 is 14.6 Å². The van der Waals surface area contributed by atoms with E-state index in [4.69, 9.17) is 14.6 Å². The van der Waals surface area contributed by atoms with Crippen LogP contribution >= 0.6 is 0 Å². The molecule has 0 amide bonds. The van der Waals surface area contributed by atoms with Crippen molar-refractivity contribution in [3.05, 3.63) is 0 Å². The second kappa shape index (κ2) is 9.93. The first kappa shape index (κ1) is 14.4. The number of carbonyl (C=O) groups excluding carboxylic acids is 1. The van der Waals surface area contributed by atoms with Crippen LogP contribution in [0.3, 0.4) is 0 Å². The average molecular weight is 218 g/mol. The Morgan fingerprint density at radius 3 is 2.53 bits per heavy atom. The normalized spacial score (nSPS) is 12.5. The van der Waals surface area contributed by atoms with E-state index in [-0.39, 0.29) is 18.5 Å². The van der Waals surface area contributed by atoms with Crippen LogP contribution in [0, 0.1) is 5.92 Å². The van der Waals surface area contributed by atoms with Gasteiger partial charge in [0, 0.05) is 26.2 Å². The number of hydrogen-bond acceptors (Lipinski definition) is 4. The molecule has 0 aliphatic heterocycles. The highest BCUT2D eigenvalue weighted by molar-refractivity contribution is 5.71. The first-order chi connectivity index (χ1) is 7.22. The predicted octanol–water partition coefficient (Wildman–Crippen LogP) is 1.36. The van der Waals surface area contributed by atoms with Crippen LogP contribution in [0.4, 0.5) is 0 Å². The smallest absolute Gasteiger partial charge is 0.308 e. The van der Waals surface area contributed by atoms with Crippen molar-refractivity contribution in [3.63, 3.8) is 0 Å². The van der Waals surface area contributed by atoms with Crippen molar-refractivity contribution in [1.82, 2.24) is 0 Å². The molecule has 0 heterocycles. The summed E-state index contributed by atoms with van der Waals surface area (Å²) in [7, 11) is 0. The third-order valence-corrected chi connectivity index (χ3v) is 2.14. The Morgan fingerprint density at radius 1 is 1.27 bits per heavy atom. The van der Waals surface area contributed by atoms with Gasteiger partial charge in [-0.05, 0) is 12.8 Å². The molecule has 90 valence electrons. The second-order valence-corrected chi connectivity index (χ2v) is 3.52. The molecular weight excluding hydrogens is 196 g/mol. The van der Waals surface area contributed by atoms with Crippen molar-refractivity contribution < 1.29 is 19.4 Å². The quantitative estimate of drug-likeness (QED) is 0.469. The monoisotopic (exact) mass is 218 g/mol. The van der Waals surface area contributed by atoms with Crippen molar-refractivity contribution in [2.45, 2.75) is 33.1 Å². The summed E-state index contributed by atoms with van der Waals surface area (Å²) in [4.78, 5) is 11.2. The molecule has 0 aromatic rings. The molecular formula is C11H22O4. The van der Waals surface area contributed by atoms with Crippen LogP contribution in [0.5, 0.6) is 0 Å². The third kappa shape index (κ3) is 8.39. The maximum atomic E-state index is 11.2. The zero-order valence-electron chi connectivity index (χ0n) is 9.70.